The Bertz CT molecular complexity index is 1200. The van der Waals surface area contributed by atoms with Crippen LogP contribution in [0.5, 0.6) is 17.2 Å². The van der Waals surface area contributed by atoms with Crippen molar-refractivity contribution in [3.8, 4) is 17.2 Å². The first-order valence-corrected chi connectivity index (χ1v) is 10.7. The molecule has 1 aliphatic heterocycles. The van der Waals surface area contributed by atoms with Gasteiger partial charge in [-0.05, 0) is 36.4 Å². The Morgan fingerprint density at radius 2 is 1.61 bits per heavy atom. The summed E-state index contributed by atoms with van der Waals surface area (Å²) in [6.45, 7) is 0.248. The molecule has 0 saturated heterocycles. The Morgan fingerprint density at radius 1 is 0.968 bits per heavy atom. The standard InChI is InChI=1S/C23H16ClN3O3S/c24-14-9-11-15(12-10-14)29-13-20-26-27-23(31-20)25-22(28)21-16-5-1-3-7-18(16)30-19-8-4-2-6-17(19)21/h1-12,21H,13H2,(H,25,27,28). The monoisotopic (exact) mass is 449 g/mol. The summed E-state index contributed by atoms with van der Waals surface area (Å²) in [6.07, 6.45) is 0. The Balaban J connectivity index is 1.32. The first-order chi connectivity index (χ1) is 15.2. The maximum atomic E-state index is 13.2. The number of carbonyl (C=O) groups excluding carboxylic acids is 1. The number of anilines is 1. The summed E-state index contributed by atoms with van der Waals surface area (Å²) in [5.41, 5.74) is 1.63. The van der Waals surface area contributed by atoms with E-state index < -0.39 is 5.92 Å². The lowest BCUT2D eigenvalue weighted by Crippen LogP contribution is -2.25. The van der Waals surface area contributed by atoms with E-state index in [2.05, 4.69) is 15.5 Å². The average Bonchev–Trinajstić information content (AvgIpc) is 3.24. The number of ether oxygens (including phenoxy) is 2. The third-order valence-electron chi connectivity index (χ3n) is 4.82. The molecule has 154 valence electrons. The van der Waals surface area contributed by atoms with Gasteiger partial charge in [0.25, 0.3) is 0 Å². The zero-order valence-corrected chi connectivity index (χ0v) is 17.7. The van der Waals surface area contributed by atoms with Gasteiger partial charge >= 0.3 is 0 Å². The fourth-order valence-corrected chi connectivity index (χ4v) is 4.19. The summed E-state index contributed by atoms with van der Waals surface area (Å²) < 4.78 is 11.7. The Kier molecular flexibility index (Phi) is 5.28. The van der Waals surface area contributed by atoms with E-state index in [9.17, 15) is 4.79 Å². The van der Waals surface area contributed by atoms with Gasteiger partial charge in [0.15, 0.2) is 5.01 Å². The SMILES string of the molecule is O=C(Nc1nnc(COc2ccc(Cl)cc2)s1)C1c2ccccc2Oc2ccccc21. The first-order valence-electron chi connectivity index (χ1n) is 9.55. The van der Waals surface area contributed by atoms with Crippen LogP contribution in [0.25, 0.3) is 0 Å². The molecule has 31 heavy (non-hydrogen) atoms. The normalized spacial score (nSPS) is 12.4. The molecule has 1 amide bonds. The molecule has 4 aromatic rings. The van der Waals surface area contributed by atoms with Gasteiger partial charge in [-0.25, -0.2) is 0 Å². The van der Waals surface area contributed by atoms with E-state index in [-0.39, 0.29) is 12.5 Å². The van der Waals surface area contributed by atoms with Gasteiger partial charge in [-0.2, -0.15) is 0 Å². The van der Waals surface area contributed by atoms with Crippen LogP contribution in [0.2, 0.25) is 5.02 Å². The molecule has 0 bridgehead atoms. The number of fused-ring (bicyclic) bond motifs is 2. The predicted molar refractivity (Wildman–Crippen MR) is 119 cm³/mol. The van der Waals surface area contributed by atoms with Gasteiger partial charge in [-0.3, -0.25) is 10.1 Å². The minimum Gasteiger partial charge on any atom is -0.486 e. The summed E-state index contributed by atoms with van der Waals surface area (Å²) in [5.74, 6) is 1.34. The van der Waals surface area contributed by atoms with Gasteiger partial charge in [-0.15, -0.1) is 10.2 Å². The lowest BCUT2D eigenvalue weighted by molar-refractivity contribution is -0.116. The van der Waals surface area contributed by atoms with E-state index in [1.165, 1.54) is 11.3 Å². The van der Waals surface area contributed by atoms with Crippen molar-refractivity contribution < 1.29 is 14.3 Å². The zero-order chi connectivity index (χ0) is 21.2. The molecule has 0 radical (unpaired) electrons. The van der Waals surface area contributed by atoms with Crippen LogP contribution in [0.15, 0.2) is 72.8 Å². The quantitative estimate of drug-likeness (QED) is 0.426. The van der Waals surface area contributed by atoms with Crippen LogP contribution >= 0.6 is 22.9 Å². The number of nitrogens with zero attached hydrogens (tertiary/aromatic N) is 2. The largest absolute Gasteiger partial charge is 0.486 e. The maximum absolute atomic E-state index is 13.2. The summed E-state index contributed by atoms with van der Waals surface area (Å²) in [6, 6.07) is 22.2. The van der Waals surface area contributed by atoms with Crippen molar-refractivity contribution in [1.29, 1.82) is 0 Å². The van der Waals surface area contributed by atoms with Crippen LogP contribution in [0.3, 0.4) is 0 Å². The Labute approximate surface area is 187 Å². The Hall–Kier alpha value is -3.42. The number of benzene rings is 3. The second kappa shape index (κ2) is 8.37. The number of aromatic nitrogens is 2. The van der Waals surface area contributed by atoms with Gasteiger partial charge in [-0.1, -0.05) is 59.3 Å². The third-order valence-corrected chi connectivity index (χ3v) is 5.88. The molecule has 0 unspecified atom stereocenters. The molecule has 0 atom stereocenters. The highest BCUT2D eigenvalue weighted by Crippen LogP contribution is 2.44. The van der Waals surface area contributed by atoms with E-state index in [0.29, 0.717) is 32.4 Å². The molecule has 3 aromatic carbocycles. The second-order valence-corrected chi connectivity index (χ2v) is 8.34. The third kappa shape index (κ3) is 4.10. The molecule has 1 aliphatic rings. The molecule has 0 fully saturated rings. The minimum atomic E-state index is -0.501. The van der Waals surface area contributed by atoms with Crippen molar-refractivity contribution in [2.45, 2.75) is 12.5 Å². The molecule has 2 heterocycles. The van der Waals surface area contributed by atoms with Crippen LogP contribution in [0.4, 0.5) is 5.13 Å². The number of hydrogen-bond acceptors (Lipinski definition) is 6. The number of halogens is 1. The van der Waals surface area contributed by atoms with Crippen molar-refractivity contribution >= 4 is 34.0 Å². The molecule has 0 saturated carbocycles. The number of rotatable bonds is 5. The first kappa shape index (κ1) is 19.5. The average molecular weight is 450 g/mol. The summed E-state index contributed by atoms with van der Waals surface area (Å²) in [5, 5.41) is 12.8. The smallest absolute Gasteiger partial charge is 0.238 e. The van der Waals surface area contributed by atoms with Crippen molar-refractivity contribution in [1.82, 2.24) is 10.2 Å². The molecule has 0 spiro atoms. The maximum Gasteiger partial charge on any atom is 0.238 e. The highest BCUT2D eigenvalue weighted by molar-refractivity contribution is 7.15. The Morgan fingerprint density at radius 3 is 2.29 bits per heavy atom. The van der Waals surface area contributed by atoms with E-state index in [4.69, 9.17) is 21.1 Å². The summed E-state index contributed by atoms with van der Waals surface area (Å²) in [4.78, 5) is 13.2. The van der Waals surface area contributed by atoms with E-state index >= 15 is 0 Å². The molecular weight excluding hydrogens is 434 g/mol. The molecule has 1 N–H and O–H groups in total. The lowest BCUT2D eigenvalue weighted by Gasteiger charge is -2.27. The van der Waals surface area contributed by atoms with Gasteiger partial charge in [0.1, 0.15) is 23.9 Å². The molecule has 5 rings (SSSR count). The molecule has 0 aliphatic carbocycles. The fourth-order valence-electron chi connectivity index (χ4n) is 3.41. The fraction of sp³-hybridized carbons (Fsp3) is 0.0870. The highest BCUT2D eigenvalue weighted by atomic mass is 35.5. The van der Waals surface area contributed by atoms with Crippen molar-refractivity contribution in [2.24, 2.45) is 0 Å². The molecule has 8 heteroatoms. The van der Waals surface area contributed by atoms with Crippen LogP contribution < -0.4 is 14.8 Å². The van der Waals surface area contributed by atoms with Gasteiger partial charge in [0, 0.05) is 16.1 Å². The van der Waals surface area contributed by atoms with Crippen molar-refractivity contribution in [3.63, 3.8) is 0 Å². The number of amides is 1. The predicted octanol–water partition coefficient (Wildman–Crippen LogP) is 5.65. The zero-order valence-electron chi connectivity index (χ0n) is 16.1. The van der Waals surface area contributed by atoms with Crippen LogP contribution in [0, 0.1) is 0 Å². The van der Waals surface area contributed by atoms with Crippen LogP contribution in [-0.2, 0) is 11.4 Å². The van der Waals surface area contributed by atoms with Gasteiger partial charge in [0.2, 0.25) is 11.0 Å². The molecule has 1 aromatic heterocycles. The van der Waals surface area contributed by atoms with Gasteiger partial charge < -0.3 is 9.47 Å². The van der Waals surface area contributed by atoms with Gasteiger partial charge in [0.05, 0.1) is 5.92 Å². The number of carbonyl (C=O) groups is 1. The van der Waals surface area contributed by atoms with Crippen molar-refractivity contribution in [2.75, 3.05) is 5.32 Å². The lowest BCUT2D eigenvalue weighted by atomic mass is 9.87. The summed E-state index contributed by atoms with van der Waals surface area (Å²) >= 11 is 7.16. The second-order valence-electron chi connectivity index (χ2n) is 6.84. The van der Waals surface area contributed by atoms with Crippen molar-refractivity contribution in [3.05, 3.63) is 94.0 Å². The number of para-hydroxylation sites is 2. The number of hydrogen-bond donors (Lipinski definition) is 1. The highest BCUT2D eigenvalue weighted by Gasteiger charge is 2.32. The van der Waals surface area contributed by atoms with E-state index in [1.807, 2.05) is 48.5 Å². The molecule has 6 nitrogen and oxygen atoms in total. The van der Waals surface area contributed by atoms with Crippen LogP contribution in [0.1, 0.15) is 22.1 Å². The summed E-state index contributed by atoms with van der Waals surface area (Å²) in [7, 11) is 0. The molecular formula is C23H16ClN3O3S. The topological polar surface area (TPSA) is 73.3 Å². The minimum absolute atomic E-state index is 0.190. The number of nitrogens with one attached hydrogen (secondary N) is 1. The van der Waals surface area contributed by atoms with E-state index in [0.717, 1.165) is 11.1 Å². The van der Waals surface area contributed by atoms with E-state index in [1.54, 1.807) is 24.3 Å². The van der Waals surface area contributed by atoms with Crippen LogP contribution in [-0.4, -0.2) is 16.1 Å².